The van der Waals surface area contributed by atoms with Gasteiger partial charge in [0.25, 0.3) is 0 Å². The Kier molecular flexibility index (Phi) is 5.32. The third-order valence-corrected chi connectivity index (χ3v) is 2.49. The van der Waals surface area contributed by atoms with Crippen LogP contribution in [0, 0.1) is 0 Å². The first kappa shape index (κ1) is 12.2. The van der Waals surface area contributed by atoms with Crippen LogP contribution in [-0.4, -0.2) is 10.1 Å². The van der Waals surface area contributed by atoms with E-state index in [2.05, 4.69) is 17.1 Å². The molecule has 0 saturated carbocycles. The molecule has 2 N–H and O–H groups in total. The fraction of sp³-hybridized carbons (Fsp3) is 0.818. The van der Waals surface area contributed by atoms with Gasteiger partial charge in [0.1, 0.15) is 0 Å². The van der Waals surface area contributed by atoms with E-state index >= 15 is 0 Å². The standard InChI is InChI=1S/C11H21N3O/c1-3-5-6-7-8-9(12)11-13-10(4-2)15-14-11/h9H,3-8,12H2,1-2H3. The average Bonchev–Trinajstić information content (AvgIpc) is 2.72. The summed E-state index contributed by atoms with van der Waals surface area (Å²) in [6, 6.07) is -0.0640. The number of aromatic nitrogens is 2. The van der Waals surface area contributed by atoms with Crippen LogP contribution in [0.4, 0.5) is 0 Å². The van der Waals surface area contributed by atoms with E-state index in [0.29, 0.717) is 11.7 Å². The number of unbranched alkanes of at least 4 members (excludes halogenated alkanes) is 3. The van der Waals surface area contributed by atoms with Crippen LogP contribution in [-0.2, 0) is 6.42 Å². The molecule has 0 bridgehead atoms. The number of aryl methyl sites for hydroxylation is 1. The zero-order valence-electron chi connectivity index (χ0n) is 9.70. The van der Waals surface area contributed by atoms with E-state index in [9.17, 15) is 0 Å². The van der Waals surface area contributed by atoms with Crippen molar-refractivity contribution in [2.45, 2.75) is 58.4 Å². The quantitative estimate of drug-likeness (QED) is 0.704. The third kappa shape index (κ3) is 4.00. The Labute approximate surface area is 91.2 Å². The van der Waals surface area contributed by atoms with Gasteiger partial charge in [0.05, 0.1) is 6.04 Å². The highest BCUT2D eigenvalue weighted by Crippen LogP contribution is 2.15. The molecule has 0 fully saturated rings. The SMILES string of the molecule is CCCCCCC(N)c1noc(CC)n1. The Bertz CT molecular complexity index is 273. The molecule has 0 aromatic carbocycles. The molecule has 4 nitrogen and oxygen atoms in total. The van der Waals surface area contributed by atoms with Crippen molar-refractivity contribution in [1.29, 1.82) is 0 Å². The van der Waals surface area contributed by atoms with E-state index in [4.69, 9.17) is 10.3 Å². The maximum absolute atomic E-state index is 5.96. The first-order chi connectivity index (χ1) is 7.27. The zero-order valence-corrected chi connectivity index (χ0v) is 9.70. The van der Waals surface area contributed by atoms with Crippen LogP contribution in [0.2, 0.25) is 0 Å². The van der Waals surface area contributed by atoms with Crippen molar-refractivity contribution in [3.63, 3.8) is 0 Å². The summed E-state index contributed by atoms with van der Waals surface area (Å²) >= 11 is 0. The topological polar surface area (TPSA) is 64.9 Å². The summed E-state index contributed by atoms with van der Waals surface area (Å²) in [6.45, 7) is 4.19. The molecule has 0 saturated heterocycles. The molecule has 0 spiro atoms. The van der Waals surface area contributed by atoms with Gasteiger partial charge in [0, 0.05) is 6.42 Å². The summed E-state index contributed by atoms with van der Waals surface area (Å²) in [5, 5.41) is 3.87. The molecule has 1 rings (SSSR count). The van der Waals surface area contributed by atoms with Gasteiger partial charge in [0.2, 0.25) is 5.89 Å². The van der Waals surface area contributed by atoms with Gasteiger partial charge in [-0.05, 0) is 6.42 Å². The average molecular weight is 211 g/mol. The summed E-state index contributed by atoms with van der Waals surface area (Å²) in [7, 11) is 0. The molecular weight excluding hydrogens is 190 g/mol. The van der Waals surface area contributed by atoms with Gasteiger partial charge in [-0.1, -0.05) is 44.7 Å². The Morgan fingerprint density at radius 3 is 2.67 bits per heavy atom. The summed E-state index contributed by atoms with van der Waals surface area (Å²) < 4.78 is 5.02. The maximum atomic E-state index is 5.96. The van der Waals surface area contributed by atoms with Gasteiger partial charge >= 0.3 is 0 Å². The molecule has 1 unspecified atom stereocenters. The first-order valence-electron chi connectivity index (χ1n) is 5.86. The minimum absolute atomic E-state index is 0.0640. The van der Waals surface area contributed by atoms with Crippen LogP contribution in [0.1, 0.15) is 63.7 Å². The summed E-state index contributed by atoms with van der Waals surface area (Å²) in [4.78, 5) is 4.22. The van der Waals surface area contributed by atoms with E-state index in [1.807, 2.05) is 6.92 Å². The molecule has 0 amide bonds. The van der Waals surface area contributed by atoms with E-state index in [1.54, 1.807) is 0 Å². The van der Waals surface area contributed by atoms with Crippen LogP contribution < -0.4 is 5.73 Å². The minimum Gasteiger partial charge on any atom is -0.339 e. The fourth-order valence-electron chi connectivity index (χ4n) is 1.48. The molecule has 0 radical (unpaired) electrons. The summed E-state index contributed by atoms with van der Waals surface area (Å²) in [6.07, 6.45) is 6.63. The Balaban J connectivity index is 2.29. The van der Waals surface area contributed by atoms with Crippen molar-refractivity contribution in [2.75, 3.05) is 0 Å². The van der Waals surface area contributed by atoms with Crippen molar-refractivity contribution >= 4 is 0 Å². The molecule has 1 aromatic heterocycles. The predicted molar refractivity (Wildman–Crippen MR) is 59.4 cm³/mol. The van der Waals surface area contributed by atoms with Crippen LogP contribution in [0.25, 0.3) is 0 Å². The second-order valence-corrected chi connectivity index (χ2v) is 3.86. The van der Waals surface area contributed by atoms with Gasteiger partial charge in [-0.2, -0.15) is 4.98 Å². The van der Waals surface area contributed by atoms with Crippen LogP contribution >= 0.6 is 0 Å². The van der Waals surface area contributed by atoms with Crippen LogP contribution in [0.5, 0.6) is 0 Å². The highest BCUT2D eigenvalue weighted by atomic mass is 16.5. The molecule has 1 heterocycles. The van der Waals surface area contributed by atoms with Crippen molar-refractivity contribution in [3.8, 4) is 0 Å². The molecular formula is C11H21N3O. The lowest BCUT2D eigenvalue weighted by molar-refractivity contribution is 0.371. The van der Waals surface area contributed by atoms with Crippen molar-refractivity contribution in [1.82, 2.24) is 10.1 Å². The number of nitrogens with zero attached hydrogens (tertiary/aromatic N) is 2. The van der Waals surface area contributed by atoms with Crippen molar-refractivity contribution in [2.24, 2.45) is 5.73 Å². The molecule has 0 aliphatic heterocycles. The Morgan fingerprint density at radius 2 is 2.07 bits per heavy atom. The Hall–Kier alpha value is -0.900. The molecule has 86 valence electrons. The summed E-state index contributed by atoms with van der Waals surface area (Å²) in [5.74, 6) is 1.33. The Morgan fingerprint density at radius 1 is 1.27 bits per heavy atom. The van der Waals surface area contributed by atoms with Gasteiger partial charge in [-0.25, -0.2) is 0 Å². The third-order valence-electron chi connectivity index (χ3n) is 2.49. The van der Waals surface area contributed by atoms with Crippen molar-refractivity contribution < 1.29 is 4.52 Å². The fourth-order valence-corrected chi connectivity index (χ4v) is 1.48. The van der Waals surface area contributed by atoms with E-state index in [1.165, 1.54) is 19.3 Å². The molecule has 0 aliphatic rings. The maximum Gasteiger partial charge on any atom is 0.226 e. The van der Waals surface area contributed by atoms with Crippen molar-refractivity contribution in [3.05, 3.63) is 11.7 Å². The van der Waals surface area contributed by atoms with E-state index in [0.717, 1.165) is 19.3 Å². The van der Waals surface area contributed by atoms with Gasteiger partial charge < -0.3 is 10.3 Å². The largest absolute Gasteiger partial charge is 0.339 e. The lowest BCUT2D eigenvalue weighted by atomic mass is 10.1. The van der Waals surface area contributed by atoms with E-state index < -0.39 is 0 Å². The number of nitrogens with two attached hydrogens (primary N) is 1. The summed E-state index contributed by atoms with van der Waals surface area (Å²) in [5.41, 5.74) is 5.96. The number of hydrogen-bond donors (Lipinski definition) is 1. The van der Waals surface area contributed by atoms with Gasteiger partial charge in [0.15, 0.2) is 5.82 Å². The minimum atomic E-state index is -0.0640. The van der Waals surface area contributed by atoms with E-state index in [-0.39, 0.29) is 6.04 Å². The molecule has 0 aliphatic carbocycles. The highest BCUT2D eigenvalue weighted by molar-refractivity contribution is 4.92. The van der Waals surface area contributed by atoms with Crippen LogP contribution in [0.3, 0.4) is 0 Å². The number of rotatable bonds is 7. The zero-order chi connectivity index (χ0) is 11.1. The second kappa shape index (κ2) is 6.56. The highest BCUT2D eigenvalue weighted by Gasteiger charge is 2.12. The van der Waals surface area contributed by atoms with Gasteiger partial charge in [-0.15, -0.1) is 0 Å². The molecule has 4 heteroatoms. The first-order valence-corrected chi connectivity index (χ1v) is 5.86. The normalized spacial score (nSPS) is 13.0. The second-order valence-electron chi connectivity index (χ2n) is 3.86. The number of hydrogen-bond acceptors (Lipinski definition) is 4. The monoisotopic (exact) mass is 211 g/mol. The molecule has 15 heavy (non-hydrogen) atoms. The van der Waals surface area contributed by atoms with Gasteiger partial charge in [-0.3, -0.25) is 0 Å². The van der Waals surface area contributed by atoms with Crippen LogP contribution in [0.15, 0.2) is 4.52 Å². The lowest BCUT2D eigenvalue weighted by Gasteiger charge is -2.05. The predicted octanol–water partition coefficient (Wildman–Crippen LogP) is 2.60. The lowest BCUT2D eigenvalue weighted by Crippen LogP contribution is -2.12. The molecule has 1 aromatic rings. The molecule has 1 atom stereocenters. The smallest absolute Gasteiger partial charge is 0.226 e.